The lowest BCUT2D eigenvalue weighted by molar-refractivity contribution is 0.178. The van der Waals surface area contributed by atoms with Gasteiger partial charge in [-0.1, -0.05) is 54.6 Å². The molecule has 2 amide bonds. The third-order valence-corrected chi connectivity index (χ3v) is 5.25. The second-order valence-corrected chi connectivity index (χ2v) is 7.33. The van der Waals surface area contributed by atoms with E-state index in [1.807, 2.05) is 59.5 Å². The number of piperidine rings is 1. The van der Waals surface area contributed by atoms with E-state index < -0.39 is 0 Å². The minimum Gasteiger partial charge on any atom is -0.392 e. The number of carbonyl (C=O) groups excluding carboxylic acids is 1. The number of rotatable bonds is 5. The number of aromatic amines is 1. The van der Waals surface area contributed by atoms with Crippen LogP contribution in [0.2, 0.25) is 0 Å². The SMILES string of the molecule is O=C(NCc1cccc(CO)c1)N1CCCC(c2nc(-c3ccccc3)n[nH]2)C1. The summed E-state index contributed by atoms with van der Waals surface area (Å²) in [6.45, 7) is 1.79. The molecule has 0 aliphatic carbocycles. The smallest absolute Gasteiger partial charge is 0.317 e. The molecule has 1 unspecified atom stereocenters. The summed E-state index contributed by atoms with van der Waals surface area (Å²) in [5, 5.41) is 19.6. The topological polar surface area (TPSA) is 94.1 Å². The van der Waals surface area contributed by atoms with E-state index in [0.717, 1.165) is 41.9 Å². The van der Waals surface area contributed by atoms with Gasteiger partial charge in [0.25, 0.3) is 0 Å². The highest BCUT2D eigenvalue weighted by Gasteiger charge is 2.27. The summed E-state index contributed by atoms with van der Waals surface area (Å²) in [5.41, 5.74) is 2.79. The number of aromatic nitrogens is 3. The van der Waals surface area contributed by atoms with E-state index in [1.54, 1.807) is 0 Å². The molecule has 2 aromatic carbocycles. The Balaban J connectivity index is 1.36. The molecule has 0 spiro atoms. The molecular formula is C22H25N5O2. The number of urea groups is 1. The number of hydrogen-bond donors (Lipinski definition) is 3. The fourth-order valence-corrected chi connectivity index (χ4v) is 3.69. The number of nitrogens with one attached hydrogen (secondary N) is 2. The molecule has 3 aromatic rings. The first-order valence-electron chi connectivity index (χ1n) is 9.92. The highest BCUT2D eigenvalue weighted by Crippen LogP contribution is 2.26. The van der Waals surface area contributed by atoms with Crippen molar-refractivity contribution in [3.8, 4) is 11.4 Å². The second kappa shape index (κ2) is 8.87. The summed E-state index contributed by atoms with van der Waals surface area (Å²) < 4.78 is 0. The molecule has 1 saturated heterocycles. The Bertz CT molecular complexity index is 957. The molecule has 3 N–H and O–H groups in total. The van der Waals surface area contributed by atoms with E-state index >= 15 is 0 Å². The number of amides is 2. The second-order valence-electron chi connectivity index (χ2n) is 7.33. The van der Waals surface area contributed by atoms with Gasteiger partial charge in [0.2, 0.25) is 0 Å². The minimum absolute atomic E-state index is 0.00224. The predicted molar refractivity (Wildman–Crippen MR) is 110 cm³/mol. The van der Waals surface area contributed by atoms with Crippen molar-refractivity contribution in [2.75, 3.05) is 13.1 Å². The first-order chi connectivity index (χ1) is 14.2. The maximum atomic E-state index is 12.6. The van der Waals surface area contributed by atoms with Crippen LogP contribution in [-0.2, 0) is 13.2 Å². The first-order valence-corrected chi connectivity index (χ1v) is 9.92. The van der Waals surface area contributed by atoms with Crippen LogP contribution in [0.25, 0.3) is 11.4 Å². The number of carbonyl (C=O) groups is 1. The summed E-state index contributed by atoms with van der Waals surface area (Å²) >= 11 is 0. The van der Waals surface area contributed by atoms with Crippen molar-refractivity contribution in [2.45, 2.75) is 31.9 Å². The van der Waals surface area contributed by atoms with E-state index in [1.165, 1.54) is 0 Å². The largest absolute Gasteiger partial charge is 0.392 e. The van der Waals surface area contributed by atoms with Gasteiger partial charge in [-0.05, 0) is 24.0 Å². The summed E-state index contributed by atoms with van der Waals surface area (Å²) in [6, 6.07) is 17.4. The van der Waals surface area contributed by atoms with Gasteiger partial charge in [0.1, 0.15) is 5.82 Å². The van der Waals surface area contributed by atoms with Gasteiger partial charge in [0, 0.05) is 31.1 Å². The van der Waals surface area contributed by atoms with Crippen LogP contribution in [0, 0.1) is 0 Å². The zero-order chi connectivity index (χ0) is 20.1. The monoisotopic (exact) mass is 391 g/mol. The molecule has 7 heteroatoms. The van der Waals surface area contributed by atoms with Crippen LogP contribution in [0.1, 0.15) is 35.7 Å². The lowest BCUT2D eigenvalue weighted by Gasteiger charge is -2.31. The van der Waals surface area contributed by atoms with Crippen LogP contribution < -0.4 is 5.32 Å². The van der Waals surface area contributed by atoms with E-state index in [2.05, 4.69) is 20.5 Å². The van der Waals surface area contributed by atoms with Gasteiger partial charge in [0.15, 0.2) is 5.82 Å². The fraction of sp³-hybridized carbons (Fsp3) is 0.318. The molecule has 150 valence electrons. The van der Waals surface area contributed by atoms with Crippen molar-refractivity contribution in [2.24, 2.45) is 0 Å². The molecule has 1 aromatic heterocycles. The average Bonchev–Trinajstić information content (AvgIpc) is 3.29. The third kappa shape index (κ3) is 4.63. The number of H-pyrrole nitrogens is 1. The first kappa shape index (κ1) is 19.1. The van der Waals surface area contributed by atoms with Crippen molar-refractivity contribution in [3.05, 3.63) is 71.5 Å². The van der Waals surface area contributed by atoms with Crippen LogP contribution >= 0.6 is 0 Å². The lowest BCUT2D eigenvalue weighted by Crippen LogP contribution is -2.44. The number of aliphatic hydroxyl groups excluding tert-OH is 1. The summed E-state index contributed by atoms with van der Waals surface area (Å²) in [5.74, 6) is 1.67. The van der Waals surface area contributed by atoms with Crippen LogP contribution in [0.15, 0.2) is 54.6 Å². The molecule has 1 aliphatic heterocycles. The van der Waals surface area contributed by atoms with Gasteiger partial charge < -0.3 is 15.3 Å². The molecule has 1 atom stereocenters. The van der Waals surface area contributed by atoms with Gasteiger partial charge >= 0.3 is 6.03 Å². The summed E-state index contributed by atoms with van der Waals surface area (Å²) in [6.07, 6.45) is 1.91. The Morgan fingerprint density at radius 1 is 1.17 bits per heavy atom. The van der Waals surface area contributed by atoms with Gasteiger partial charge in [0.05, 0.1) is 6.61 Å². The zero-order valence-corrected chi connectivity index (χ0v) is 16.2. The molecule has 0 bridgehead atoms. The van der Waals surface area contributed by atoms with Crippen molar-refractivity contribution >= 4 is 6.03 Å². The van der Waals surface area contributed by atoms with Crippen molar-refractivity contribution in [3.63, 3.8) is 0 Å². The Morgan fingerprint density at radius 2 is 2.00 bits per heavy atom. The van der Waals surface area contributed by atoms with Gasteiger partial charge in [-0.15, -0.1) is 0 Å². The molecule has 29 heavy (non-hydrogen) atoms. The van der Waals surface area contributed by atoms with E-state index in [4.69, 9.17) is 0 Å². The summed E-state index contributed by atoms with van der Waals surface area (Å²) in [7, 11) is 0. The van der Waals surface area contributed by atoms with Crippen LogP contribution in [0.4, 0.5) is 4.79 Å². The quantitative estimate of drug-likeness (QED) is 0.623. The number of likely N-dealkylation sites (tertiary alicyclic amines) is 1. The Kier molecular flexibility index (Phi) is 5.86. The number of hydrogen-bond acceptors (Lipinski definition) is 4. The Morgan fingerprint density at radius 3 is 2.83 bits per heavy atom. The molecule has 7 nitrogen and oxygen atoms in total. The number of aliphatic hydroxyl groups is 1. The Hall–Kier alpha value is -3.19. The normalized spacial score (nSPS) is 16.6. The van der Waals surface area contributed by atoms with E-state index in [9.17, 15) is 9.90 Å². The van der Waals surface area contributed by atoms with Crippen molar-refractivity contribution < 1.29 is 9.90 Å². The molecule has 1 fully saturated rings. The van der Waals surface area contributed by atoms with Crippen LogP contribution in [0.5, 0.6) is 0 Å². The third-order valence-electron chi connectivity index (χ3n) is 5.25. The van der Waals surface area contributed by atoms with Gasteiger partial charge in [-0.2, -0.15) is 5.10 Å². The average molecular weight is 391 g/mol. The van der Waals surface area contributed by atoms with Crippen molar-refractivity contribution in [1.82, 2.24) is 25.4 Å². The predicted octanol–water partition coefficient (Wildman–Crippen LogP) is 3.05. The highest BCUT2D eigenvalue weighted by atomic mass is 16.3. The molecule has 1 aliphatic rings. The molecule has 0 radical (unpaired) electrons. The zero-order valence-electron chi connectivity index (χ0n) is 16.2. The summed E-state index contributed by atoms with van der Waals surface area (Å²) in [4.78, 5) is 19.2. The Labute approximate surface area is 169 Å². The molecular weight excluding hydrogens is 366 g/mol. The number of benzene rings is 2. The number of nitrogens with zero attached hydrogens (tertiary/aromatic N) is 3. The van der Waals surface area contributed by atoms with Crippen LogP contribution in [0.3, 0.4) is 0 Å². The highest BCUT2D eigenvalue weighted by molar-refractivity contribution is 5.74. The van der Waals surface area contributed by atoms with Crippen molar-refractivity contribution in [1.29, 1.82) is 0 Å². The maximum absolute atomic E-state index is 12.6. The molecule has 2 heterocycles. The minimum atomic E-state index is -0.0769. The molecule has 0 saturated carbocycles. The van der Waals surface area contributed by atoms with Gasteiger partial charge in [-0.25, -0.2) is 9.78 Å². The van der Waals surface area contributed by atoms with Gasteiger partial charge in [-0.3, -0.25) is 5.10 Å². The maximum Gasteiger partial charge on any atom is 0.317 e. The van der Waals surface area contributed by atoms with Crippen LogP contribution in [-0.4, -0.2) is 44.3 Å². The standard InChI is InChI=1S/C22H25N5O2/c28-15-17-7-4-6-16(12-17)13-23-22(29)27-11-5-10-19(14-27)21-24-20(25-26-21)18-8-2-1-3-9-18/h1-4,6-9,12,19,28H,5,10-11,13-15H2,(H,23,29)(H,24,25,26). The lowest BCUT2D eigenvalue weighted by atomic mass is 9.97. The molecule has 4 rings (SSSR count). The van der Waals surface area contributed by atoms with E-state index in [0.29, 0.717) is 18.9 Å². The van der Waals surface area contributed by atoms with E-state index in [-0.39, 0.29) is 18.6 Å². The fourth-order valence-electron chi connectivity index (χ4n) is 3.69.